The summed E-state index contributed by atoms with van der Waals surface area (Å²) in [5.41, 5.74) is 2.26. The van der Waals surface area contributed by atoms with Gasteiger partial charge in [-0.25, -0.2) is 14.8 Å². The van der Waals surface area contributed by atoms with Crippen LogP contribution in [0.1, 0.15) is 23.0 Å². The van der Waals surface area contributed by atoms with Gasteiger partial charge in [-0.2, -0.15) is 0 Å². The summed E-state index contributed by atoms with van der Waals surface area (Å²) >= 11 is 0. The molecule has 0 saturated heterocycles. The lowest BCUT2D eigenvalue weighted by Crippen LogP contribution is -2.22. The topological polar surface area (TPSA) is 75.1 Å². The number of rotatable bonds is 4. The molecule has 98 valence electrons. The van der Waals surface area contributed by atoms with Crippen molar-refractivity contribution >= 4 is 11.9 Å². The predicted molar refractivity (Wildman–Crippen MR) is 71.9 cm³/mol. The molecule has 2 N–H and O–H groups in total. The molecule has 1 aromatic heterocycles. The molecule has 0 unspecified atom stereocenters. The van der Waals surface area contributed by atoms with Crippen molar-refractivity contribution < 1.29 is 9.90 Å². The number of benzene rings is 1. The summed E-state index contributed by atoms with van der Waals surface area (Å²) in [5.74, 6) is -0.636. The number of hydrogen-bond donors (Lipinski definition) is 2. The van der Waals surface area contributed by atoms with Gasteiger partial charge in [0.2, 0.25) is 5.95 Å². The summed E-state index contributed by atoms with van der Waals surface area (Å²) in [7, 11) is 0. The minimum atomic E-state index is -0.964. The Hall–Kier alpha value is -2.43. The molecule has 0 fully saturated rings. The minimum absolute atomic E-state index is 0.328. The van der Waals surface area contributed by atoms with Crippen LogP contribution in [0.3, 0.4) is 0 Å². The third kappa shape index (κ3) is 3.28. The highest BCUT2D eigenvalue weighted by atomic mass is 16.4. The second-order valence-electron chi connectivity index (χ2n) is 4.30. The highest BCUT2D eigenvalue weighted by Crippen LogP contribution is 2.17. The van der Waals surface area contributed by atoms with E-state index in [4.69, 9.17) is 0 Å². The average molecular weight is 257 g/mol. The van der Waals surface area contributed by atoms with Crippen molar-refractivity contribution in [1.82, 2.24) is 9.97 Å². The van der Waals surface area contributed by atoms with Gasteiger partial charge in [-0.15, -0.1) is 0 Å². The van der Waals surface area contributed by atoms with Crippen LogP contribution < -0.4 is 5.32 Å². The number of aromatic nitrogens is 2. The predicted octanol–water partition coefficient (Wildman–Crippen LogP) is 2.33. The molecule has 0 spiro atoms. The first-order valence-corrected chi connectivity index (χ1v) is 5.93. The number of hydrogen-bond acceptors (Lipinski definition) is 4. The summed E-state index contributed by atoms with van der Waals surface area (Å²) in [6.07, 6.45) is 0. The first-order valence-electron chi connectivity index (χ1n) is 5.93. The molecule has 0 aliphatic heterocycles. The Morgan fingerprint density at radius 3 is 2.26 bits per heavy atom. The molecule has 0 amide bonds. The number of aryl methyl sites for hydroxylation is 2. The van der Waals surface area contributed by atoms with Gasteiger partial charge < -0.3 is 10.4 Å². The van der Waals surface area contributed by atoms with E-state index < -0.39 is 12.0 Å². The normalized spacial score (nSPS) is 11.9. The Labute approximate surface area is 111 Å². The Bertz CT molecular complexity index is 564. The van der Waals surface area contributed by atoms with E-state index in [1.807, 2.05) is 26.0 Å². The first kappa shape index (κ1) is 13.0. The van der Waals surface area contributed by atoms with E-state index in [1.54, 1.807) is 24.3 Å². The van der Waals surface area contributed by atoms with E-state index in [-0.39, 0.29) is 0 Å². The minimum Gasteiger partial charge on any atom is -0.479 e. The third-order valence-corrected chi connectivity index (χ3v) is 2.64. The number of carbonyl (C=O) groups is 1. The van der Waals surface area contributed by atoms with Crippen LogP contribution in [0.5, 0.6) is 0 Å². The Balaban J connectivity index is 2.29. The lowest BCUT2D eigenvalue weighted by atomic mass is 10.1. The fraction of sp³-hybridized carbons (Fsp3) is 0.214. The maximum atomic E-state index is 11.4. The molecule has 0 radical (unpaired) electrons. The molecule has 1 aromatic carbocycles. The second-order valence-corrected chi connectivity index (χ2v) is 4.30. The number of nitrogens with one attached hydrogen (secondary N) is 1. The smallest absolute Gasteiger partial charge is 0.330 e. The van der Waals surface area contributed by atoms with Gasteiger partial charge in [0.15, 0.2) is 6.04 Å². The van der Waals surface area contributed by atoms with E-state index in [0.29, 0.717) is 11.5 Å². The number of aliphatic carboxylic acids is 1. The highest BCUT2D eigenvalue weighted by molar-refractivity contribution is 5.78. The molecule has 2 aromatic rings. The molecule has 0 bridgehead atoms. The summed E-state index contributed by atoms with van der Waals surface area (Å²) in [6, 6.07) is 9.94. The standard InChI is InChI=1S/C14H15N3O2/c1-9-8-10(2)16-14(15-9)17-12(13(18)19)11-6-4-3-5-7-11/h3-8,12H,1-2H3,(H,18,19)(H,15,16,17)/t12-/m0/s1. The molecular weight excluding hydrogens is 242 g/mol. The fourth-order valence-corrected chi connectivity index (χ4v) is 1.85. The monoisotopic (exact) mass is 257 g/mol. The number of carboxylic acids is 1. The Kier molecular flexibility index (Phi) is 3.75. The van der Waals surface area contributed by atoms with Crippen LogP contribution in [-0.2, 0) is 4.79 Å². The maximum Gasteiger partial charge on any atom is 0.330 e. The van der Waals surface area contributed by atoms with Crippen LogP contribution >= 0.6 is 0 Å². The average Bonchev–Trinajstić information content (AvgIpc) is 2.35. The zero-order chi connectivity index (χ0) is 13.8. The molecule has 0 aliphatic rings. The van der Waals surface area contributed by atoms with Gasteiger partial charge >= 0.3 is 5.97 Å². The van der Waals surface area contributed by atoms with E-state index in [2.05, 4.69) is 15.3 Å². The zero-order valence-corrected chi connectivity index (χ0v) is 10.8. The summed E-state index contributed by atoms with van der Waals surface area (Å²) in [5, 5.41) is 12.2. The van der Waals surface area contributed by atoms with Crippen molar-refractivity contribution in [2.75, 3.05) is 5.32 Å². The summed E-state index contributed by atoms with van der Waals surface area (Å²) in [4.78, 5) is 19.7. The van der Waals surface area contributed by atoms with E-state index >= 15 is 0 Å². The van der Waals surface area contributed by atoms with Gasteiger partial charge in [0.1, 0.15) is 0 Å². The van der Waals surface area contributed by atoms with E-state index in [1.165, 1.54) is 0 Å². The molecule has 19 heavy (non-hydrogen) atoms. The number of nitrogens with zero attached hydrogens (tertiary/aromatic N) is 2. The molecule has 1 heterocycles. The molecule has 1 atom stereocenters. The van der Waals surface area contributed by atoms with Crippen LogP contribution in [0.25, 0.3) is 0 Å². The first-order chi connectivity index (χ1) is 9.06. The number of carboxylic acid groups (broad SMARTS) is 1. The van der Waals surface area contributed by atoms with Gasteiger partial charge in [0, 0.05) is 11.4 Å². The van der Waals surface area contributed by atoms with Crippen molar-refractivity contribution in [2.45, 2.75) is 19.9 Å². The lowest BCUT2D eigenvalue weighted by molar-refractivity contribution is -0.138. The van der Waals surface area contributed by atoms with Gasteiger partial charge in [-0.05, 0) is 25.5 Å². The molecule has 5 heteroatoms. The zero-order valence-electron chi connectivity index (χ0n) is 10.8. The van der Waals surface area contributed by atoms with Crippen molar-refractivity contribution in [3.63, 3.8) is 0 Å². The molecule has 0 saturated carbocycles. The van der Waals surface area contributed by atoms with Gasteiger partial charge in [-0.3, -0.25) is 0 Å². The molecule has 0 aliphatic carbocycles. The van der Waals surface area contributed by atoms with Crippen molar-refractivity contribution in [3.8, 4) is 0 Å². The number of anilines is 1. The van der Waals surface area contributed by atoms with Crippen molar-refractivity contribution in [2.24, 2.45) is 0 Å². The lowest BCUT2D eigenvalue weighted by Gasteiger charge is -2.15. The summed E-state index contributed by atoms with van der Waals surface area (Å²) < 4.78 is 0. The quantitative estimate of drug-likeness (QED) is 0.879. The Morgan fingerprint density at radius 1 is 1.16 bits per heavy atom. The van der Waals surface area contributed by atoms with Crippen LogP contribution in [0, 0.1) is 13.8 Å². The largest absolute Gasteiger partial charge is 0.479 e. The van der Waals surface area contributed by atoms with Gasteiger partial charge in [-0.1, -0.05) is 30.3 Å². The summed E-state index contributed by atoms with van der Waals surface area (Å²) in [6.45, 7) is 3.69. The van der Waals surface area contributed by atoms with Crippen LogP contribution in [-0.4, -0.2) is 21.0 Å². The fourth-order valence-electron chi connectivity index (χ4n) is 1.85. The van der Waals surface area contributed by atoms with Gasteiger partial charge in [0.05, 0.1) is 0 Å². The van der Waals surface area contributed by atoms with Crippen LogP contribution in [0.15, 0.2) is 36.4 Å². The molecule has 5 nitrogen and oxygen atoms in total. The maximum absolute atomic E-state index is 11.4. The van der Waals surface area contributed by atoms with Crippen molar-refractivity contribution in [1.29, 1.82) is 0 Å². The third-order valence-electron chi connectivity index (χ3n) is 2.64. The van der Waals surface area contributed by atoms with Crippen LogP contribution in [0.2, 0.25) is 0 Å². The molecular formula is C14H15N3O2. The van der Waals surface area contributed by atoms with Crippen molar-refractivity contribution in [3.05, 3.63) is 53.3 Å². The van der Waals surface area contributed by atoms with E-state index in [9.17, 15) is 9.90 Å². The molecule has 2 rings (SSSR count). The SMILES string of the molecule is Cc1cc(C)nc(N[C@H](C(=O)O)c2ccccc2)n1. The highest BCUT2D eigenvalue weighted by Gasteiger charge is 2.20. The van der Waals surface area contributed by atoms with Gasteiger partial charge in [0.25, 0.3) is 0 Å². The van der Waals surface area contributed by atoms with E-state index in [0.717, 1.165) is 11.4 Å². The van der Waals surface area contributed by atoms with Crippen LogP contribution in [0.4, 0.5) is 5.95 Å². The second kappa shape index (κ2) is 5.48. The Morgan fingerprint density at radius 2 is 1.74 bits per heavy atom.